The Morgan fingerprint density at radius 1 is 1.07 bits per heavy atom. The van der Waals surface area contributed by atoms with Crippen molar-refractivity contribution >= 4 is 0 Å². The zero-order chi connectivity index (χ0) is 10.9. The molecule has 86 valence electrons. The zero-order valence-electron chi connectivity index (χ0n) is 10.2. The molecule has 0 radical (unpaired) electrons. The lowest BCUT2D eigenvalue weighted by molar-refractivity contribution is 0.302. The van der Waals surface area contributed by atoms with Crippen LogP contribution in [0.3, 0.4) is 0 Å². The molecule has 3 N–H and O–H groups in total. The van der Waals surface area contributed by atoms with Crippen LogP contribution in [-0.2, 0) is 0 Å². The van der Waals surface area contributed by atoms with E-state index in [1.54, 1.807) is 0 Å². The predicted molar refractivity (Wildman–Crippen MR) is 64.5 cm³/mol. The van der Waals surface area contributed by atoms with Crippen LogP contribution < -0.4 is 11.1 Å². The molecule has 0 spiro atoms. The summed E-state index contributed by atoms with van der Waals surface area (Å²) in [7, 11) is 0. The van der Waals surface area contributed by atoms with Gasteiger partial charge in [-0.05, 0) is 50.7 Å². The predicted octanol–water partition coefficient (Wildman–Crippen LogP) is 2.53. The molecule has 0 aromatic carbocycles. The average molecular weight is 200 g/mol. The van der Waals surface area contributed by atoms with E-state index in [2.05, 4.69) is 26.1 Å². The van der Waals surface area contributed by atoms with Crippen molar-refractivity contribution < 1.29 is 0 Å². The Kier molecular flexibility index (Phi) is 8.20. The van der Waals surface area contributed by atoms with Gasteiger partial charge in [0.25, 0.3) is 0 Å². The van der Waals surface area contributed by atoms with Crippen molar-refractivity contribution in [2.45, 2.75) is 52.9 Å². The monoisotopic (exact) mass is 200 g/mol. The molecule has 0 amide bonds. The van der Waals surface area contributed by atoms with Crippen LogP contribution in [0.15, 0.2) is 0 Å². The molecule has 0 heterocycles. The van der Waals surface area contributed by atoms with Gasteiger partial charge in [-0.3, -0.25) is 0 Å². The third kappa shape index (κ3) is 8.52. The number of nitrogens with one attached hydrogen (secondary N) is 1. The van der Waals surface area contributed by atoms with E-state index in [1.165, 1.54) is 32.2 Å². The molecule has 2 heteroatoms. The van der Waals surface area contributed by atoms with Gasteiger partial charge in [0.15, 0.2) is 0 Å². The molecular weight excluding hydrogens is 172 g/mol. The maximum atomic E-state index is 5.57. The van der Waals surface area contributed by atoms with Crippen molar-refractivity contribution in [1.29, 1.82) is 0 Å². The van der Waals surface area contributed by atoms with Crippen LogP contribution in [0.4, 0.5) is 0 Å². The van der Waals surface area contributed by atoms with Gasteiger partial charge < -0.3 is 11.1 Å². The molecule has 0 aliphatic carbocycles. The highest BCUT2D eigenvalue weighted by atomic mass is 14.8. The summed E-state index contributed by atoms with van der Waals surface area (Å²) in [6.07, 6.45) is 6.28. The van der Waals surface area contributed by atoms with Gasteiger partial charge in [-0.15, -0.1) is 0 Å². The van der Waals surface area contributed by atoms with Crippen molar-refractivity contribution in [3.05, 3.63) is 0 Å². The first-order valence-electron chi connectivity index (χ1n) is 6.03. The van der Waals surface area contributed by atoms with E-state index in [-0.39, 0.29) is 0 Å². The van der Waals surface area contributed by atoms with E-state index in [4.69, 9.17) is 5.73 Å². The molecule has 0 rings (SSSR count). The summed E-state index contributed by atoms with van der Waals surface area (Å²) in [6.45, 7) is 10.0. The summed E-state index contributed by atoms with van der Waals surface area (Å²) in [4.78, 5) is 0. The van der Waals surface area contributed by atoms with E-state index in [9.17, 15) is 0 Å². The average Bonchev–Trinajstić information content (AvgIpc) is 2.11. The molecule has 0 aliphatic heterocycles. The number of hydrogen-bond acceptors (Lipinski definition) is 2. The van der Waals surface area contributed by atoms with Crippen LogP contribution in [0.2, 0.25) is 0 Å². The molecule has 0 saturated carbocycles. The van der Waals surface area contributed by atoms with Crippen molar-refractivity contribution in [2.75, 3.05) is 19.6 Å². The lowest BCUT2D eigenvalue weighted by atomic mass is 9.84. The minimum atomic E-state index is 0.432. The second-order valence-corrected chi connectivity index (χ2v) is 4.91. The lowest BCUT2D eigenvalue weighted by Crippen LogP contribution is -2.21. The highest BCUT2D eigenvalue weighted by Gasteiger charge is 2.15. The smallest absolute Gasteiger partial charge is 0.00487 e. The van der Waals surface area contributed by atoms with Crippen molar-refractivity contribution in [1.82, 2.24) is 5.32 Å². The third-order valence-corrected chi connectivity index (χ3v) is 2.74. The Bertz CT molecular complexity index is 121. The maximum Gasteiger partial charge on any atom is -0.00487 e. The number of unbranched alkanes of at least 4 members (excludes halogenated alkanes) is 1. The van der Waals surface area contributed by atoms with Crippen LogP contribution in [0.1, 0.15) is 52.9 Å². The van der Waals surface area contributed by atoms with E-state index < -0.39 is 0 Å². The summed E-state index contributed by atoms with van der Waals surface area (Å²) in [5, 5.41) is 3.47. The molecule has 0 saturated heterocycles. The maximum absolute atomic E-state index is 5.57. The second kappa shape index (κ2) is 8.25. The summed E-state index contributed by atoms with van der Waals surface area (Å²) in [6, 6.07) is 0. The number of rotatable bonds is 9. The Labute approximate surface area is 89.6 Å². The summed E-state index contributed by atoms with van der Waals surface area (Å²) in [5.41, 5.74) is 6.00. The van der Waals surface area contributed by atoms with Crippen molar-refractivity contribution in [3.63, 3.8) is 0 Å². The molecule has 0 atom stereocenters. The highest BCUT2D eigenvalue weighted by Crippen LogP contribution is 2.25. The first kappa shape index (κ1) is 13.9. The van der Waals surface area contributed by atoms with Gasteiger partial charge in [0, 0.05) is 0 Å². The molecule has 0 aliphatic rings. The Balaban J connectivity index is 3.26. The third-order valence-electron chi connectivity index (χ3n) is 2.74. The fourth-order valence-electron chi connectivity index (χ4n) is 1.63. The molecule has 0 aromatic heterocycles. The van der Waals surface area contributed by atoms with Crippen LogP contribution in [-0.4, -0.2) is 19.6 Å². The lowest BCUT2D eigenvalue weighted by Gasteiger charge is -2.23. The summed E-state index contributed by atoms with van der Waals surface area (Å²) in [5.74, 6) is 0. The van der Waals surface area contributed by atoms with Gasteiger partial charge in [-0.25, -0.2) is 0 Å². The molecule has 0 aromatic rings. The minimum absolute atomic E-state index is 0.432. The van der Waals surface area contributed by atoms with Gasteiger partial charge in [0.05, 0.1) is 0 Å². The van der Waals surface area contributed by atoms with Crippen molar-refractivity contribution in [2.24, 2.45) is 11.1 Å². The van der Waals surface area contributed by atoms with Crippen molar-refractivity contribution in [3.8, 4) is 0 Å². The Morgan fingerprint density at radius 2 is 1.71 bits per heavy atom. The topological polar surface area (TPSA) is 38.0 Å². The van der Waals surface area contributed by atoms with Crippen LogP contribution >= 0.6 is 0 Å². The van der Waals surface area contributed by atoms with Gasteiger partial charge in [-0.2, -0.15) is 0 Å². The normalized spacial score (nSPS) is 12.0. The first-order valence-corrected chi connectivity index (χ1v) is 6.03. The molecular formula is C12H28N2. The standard InChI is InChI=1S/C12H28N2/c1-4-5-10-14-11-6-7-12(2,3)8-9-13/h14H,4-11,13H2,1-3H3. The SMILES string of the molecule is CCCCNCCCC(C)(C)CCN. The Hall–Kier alpha value is -0.0800. The number of nitrogens with two attached hydrogens (primary N) is 1. The Morgan fingerprint density at radius 3 is 2.29 bits per heavy atom. The molecule has 2 nitrogen and oxygen atoms in total. The van der Waals surface area contributed by atoms with Gasteiger partial charge in [0.2, 0.25) is 0 Å². The second-order valence-electron chi connectivity index (χ2n) is 4.91. The van der Waals surface area contributed by atoms with Gasteiger partial charge in [0.1, 0.15) is 0 Å². The van der Waals surface area contributed by atoms with Crippen LogP contribution in [0.25, 0.3) is 0 Å². The van der Waals surface area contributed by atoms with E-state index in [1.807, 2.05) is 0 Å². The van der Waals surface area contributed by atoms with E-state index in [0.29, 0.717) is 5.41 Å². The highest BCUT2D eigenvalue weighted by molar-refractivity contribution is 4.69. The fraction of sp³-hybridized carbons (Fsp3) is 1.00. The molecule has 0 bridgehead atoms. The first-order chi connectivity index (χ1) is 6.62. The quantitative estimate of drug-likeness (QED) is 0.561. The zero-order valence-corrected chi connectivity index (χ0v) is 10.2. The van der Waals surface area contributed by atoms with Crippen LogP contribution in [0, 0.1) is 5.41 Å². The molecule has 14 heavy (non-hydrogen) atoms. The fourth-order valence-corrected chi connectivity index (χ4v) is 1.63. The summed E-state index contributed by atoms with van der Waals surface area (Å²) >= 11 is 0. The summed E-state index contributed by atoms with van der Waals surface area (Å²) < 4.78 is 0. The van der Waals surface area contributed by atoms with Gasteiger partial charge in [-0.1, -0.05) is 27.2 Å². The van der Waals surface area contributed by atoms with E-state index >= 15 is 0 Å². The number of hydrogen-bond donors (Lipinski definition) is 2. The van der Waals surface area contributed by atoms with Gasteiger partial charge >= 0.3 is 0 Å². The molecule has 0 unspecified atom stereocenters. The molecule has 0 fully saturated rings. The minimum Gasteiger partial charge on any atom is -0.330 e. The van der Waals surface area contributed by atoms with E-state index in [0.717, 1.165) is 19.5 Å². The largest absolute Gasteiger partial charge is 0.330 e. The van der Waals surface area contributed by atoms with Crippen LogP contribution in [0.5, 0.6) is 0 Å².